The molecule has 3 rings (SSSR count). The summed E-state index contributed by atoms with van der Waals surface area (Å²) in [6.45, 7) is 2.18. The fourth-order valence-electron chi connectivity index (χ4n) is 2.45. The minimum atomic E-state index is 0.931. The average molecular weight is 238 g/mol. The lowest BCUT2D eigenvalue weighted by Gasteiger charge is -2.05. The lowest BCUT2D eigenvalue weighted by atomic mass is 10.1. The van der Waals surface area contributed by atoms with Crippen LogP contribution in [-0.4, -0.2) is 7.11 Å². The van der Waals surface area contributed by atoms with E-state index in [0.29, 0.717) is 0 Å². The van der Waals surface area contributed by atoms with E-state index in [-0.39, 0.29) is 0 Å². The molecular formula is C16H16NO+. The smallest absolute Gasteiger partial charge is 0.214 e. The largest absolute Gasteiger partial charge is 0.496 e. The SMILES string of the molecule is CCc1ccc[n+]2cc3cccc(OC)c3cc12. The van der Waals surface area contributed by atoms with Crippen molar-refractivity contribution in [1.82, 2.24) is 0 Å². The zero-order chi connectivity index (χ0) is 12.5. The Labute approximate surface area is 106 Å². The molecule has 3 aromatic rings. The average Bonchev–Trinajstić information content (AvgIpc) is 2.43. The molecule has 0 aliphatic carbocycles. The molecule has 0 atom stereocenters. The van der Waals surface area contributed by atoms with Gasteiger partial charge in [0.15, 0.2) is 12.4 Å². The number of methoxy groups -OCH3 is 1. The standard InChI is InChI=1S/C16H16NO/c1-3-12-7-5-9-17-11-13-6-4-8-16(18-2)14(13)10-15(12)17/h4-11H,3H2,1-2H3/q+1. The molecule has 0 spiro atoms. The Kier molecular flexibility index (Phi) is 2.63. The molecule has 0 saturated carbocycles. The molecule has 0 bridgehead atoms. The number of fused-ring (bicyclic) bond motifs is 2. The summed E-state index contributed by atoms with van der Waals surface area (Å²) in [4.78, 5) is 0. The van der Waals surface area contributed by atoms with Gasteiger partial charge in [-0.3, -0.25) is 0 Å². The van der Waals surface area contributed by atoms with Crippen molar-refractivity contribution in [3.63, 3.8) is 0 Å². The van der Waals surface area contributed by atoms with Crippen molar-refractivity contribution in [2.45, 2.75) is 13.3 Å². The maximum absolute atomic E-state index is 5.44. The van der Waals surface area contributed by atoms with Crippen molar-refractivity contribution in [3.05, 3.63) is 54.4 Å². The summed E-state index contributed by atoms with van der Waals surface area (Å²) >= 11 is 0. The van der Waals surface area contributed by atoms with E-state index in [2.05, 4.69) is 48.0 Å². The Balaban J connectivity index is 2.44. The molecule has 90 valence electrons. The molecule has 0 saturated heterocycles. The molecule has 2 heterocycles. The van der Waals surface area contributed by atoms with Crippen molar-refractivity contribution in [2.75, 3.05) is 7.11 Å². The topological polar surface area (TPSA) is 13.3 Å². The van der Waals surface area contributed by atoms with Gasteiger partial charge in [-0.15, -0.1) is 0 Å². The third-order valence-electron chi connectivity index (χ3n) is 3.41. The van der Waals surface area contributed by atoms with Gasteiger partial charge in [-0.05, 0) is 24.6 Å². The molecule has 0 unspecified atom stereocenters. The number of ether oxygens (including phenoxy) is 1. The Morgan fingerprint density at radius 2 is 2.06 bits per heavy atom. The van der Waals surface area contributed by atoms with E-state index >= 15 is 0 Å². The number of hydrogen-bond donors (Lipinski definition) is 0. The molecule has 0 amide bonds. The second-order valence-corrected chi connectivity index (χ2v) is 4.42. The maximum Gasteiger partial charge on any atom is 0.214 e. The number of aromatic nitrogens is 1. The van der Waals surface area contributed by atoms with Crippen LogP contribution in [-0.2, 0) is 6.42 Å². The van der Waals surface area contributed by atoms with Crippen LogP contribution in [0.25, 0.3) is 16.3 Å². The highest BCUT2D eigenvalue weighted by Gasteiger charge is 2.11. The van der Waals surface area contributed by atoms with Crippen molar-refractivity contribution in [1.29, 1.82) is 0 Å². The van der Waals surface area contributed by atoms with Crippen LogP contribution in [0.15, 0.2) is 48.8 Å². The van der Waals surface area contributed by atoms with E-state index in [9.17, 15) is 0 Å². The van der Waals surface area contributed by atoms with Gasteiger partial charge in [-0.2, -0.15) is 4.40 Å². The van der Waals surface area contributed by atoms with Crippen LogP contribution < -0.4 is 9.14 Å². The number of benzene rings is 1. The Bertz CT molecular complexity index is 660. The van der Waals surface area contributed by atoms with E-state index < -0.39 is 0 Å². The molecule has 2 heteroatoms. The number of aryl methyl sites for hydroxylation is 1. The summed E-state index contributed by atoms with van der Waals surface area (Å²) in [5.74, 6) is 0.931. The van der Waals surface area contributed by atoms with Gasteiger partial charge in [0.2, 0.25) is 5.52 Å². The molecule has 0 N–H and O–H groups in total. The summed E-state index contributed by atoms with van der Waals surface area (Å²) in [5, 5.41) is 2.36. The van der Waals surface area contributed by atoms with E-state index in [1.807, 2.05) is 12.1 Å². The van der Waals surface area contributed by atoms with E-state index in [1.165, 1.54) is 21.9 Å². The summed E-state index contributed by atoms with van der Waals surface area (Å²) < 4.78 is 7.62. The van der Waals surface area contributed by atoms with E-state index in [1.54, 1.807) is 7.11 Å². The van der Waals surface area contributed by atoms with Gasteiger partial charge in [-0.25, -0.2) is 0 Å². The predicted molar refractivity (Wildman–Crippen MR) is 73.0 cm³/mol. The number of pyridine rings is 2. The number of rotatable bonds is 2. The highest BCUT2D eigenvalue weighted by atomic mass is 16.5. The lowest BCUT2D eigenvalue weighted by molar-refractivity contribution is -0.510. The summed E-state index contributed by atoms with van der Waals surface area (Å²) in [5.41, 5.74) is 2.60. The first-order valence-electron chi connectivity index (χ1n) is 6.23. The van der Waals surface area contributed by atoms with Gasteiger partial charge in [-0.1, -0.05) is 13.0 Å². The van der Waals surface area contributed by atoms with Gasteiger partial charge >= 0.3 is 0 Å². The first-order chi connectivity index (χ1) is 8.83. The first-order valence-corrected chi connectivity index (χ1v) is 6.23. The van der Waals surface area contributed by atoms with Crippen molar-refractivity contribution >= 4 is 16.3 Å². The molecule has 0 aliphatic rings. The lowest BCUT2D eigenvalue weighted by Crippen LogP contribution is -2.21. The quantitative estimate of drug-likeness (QED) is 0.494. The van der Waals surface area contributed by atoms with Crippen LogP contribution in [0.4, 0.5) is 0 Å². The van der Waals surface area contributed by atoms with Crippen LogP contribution in [0.5, 0.6) is 5.75 Å². The molecule has 0 fully saturated rings. The highest BCUT2D eigenvalue weighted by Crippen LogP contribution is 2.25. The normalized spacial score (nSPS) is 11.0. The van der Waals surface area contributed by atoms with Gasteiger partial charge < -0.3 is 4.74 Å². The number of nitrogens with zero attached hydrogens (tertiary/aromatic N) is 1. The van der Waals surface area contributed by atoms with Crippen LogP contribution >= 0.6 is 0 Å². The minimum Gasteiger partial charge on any atom is -0.496 e. The molecule has 0 radical (unpaired) electrons. The third kappa shape index (κ3) is 1.61. The summed E-state index contributed by atoms with van der Waals surface area (Å²) in [7, 11) is 1.72. The fourth-order valence-corrected chi connectivity index (χ4v) is 2.45. The fraction of sp³-hybridized carbons (Fsp3) is 0.188. The minimum absolute atomic E-state index is 0.931. The summed E-state index contributed by atoms with van der Waals surface area (Å²) in [6.07, 6.45) is 5.28. The highest BCUT2D eigenvalue weighted by molar-refractivity contribution is 5.89. The first kappa shape index (κ1) is 11.0. The van der Waals surface area contributed by atoms with Gasteiger partial charge in [0.05, 0.1) is 7.11 Å². The molecule has 1 aromatic carbocycles. The Morgan fingerprint density at radius 1 is 1.17 bits per heavy atom. The van der Waals surface area contributed by atoms with E-state index in [4.69, 9.17) is 4.74 Å². The van der Waals surface area contributed by atoms with Crippen molar-refractivity contribution in [2.24, 2.45) is 0 Å². The molecular weight excluding hydrogens is 222 g/mol. The van der Waals surface area contributed by atoms with Crippen LogP contribution in [0.3, 0.4) is 0 Å². The van der Waals surface area contributed by atoms with Crippen molar-refractivity contribution in [3.8, 4) is 5.75 Å². The van der Waals surface area contributed by atoms with Crippen LogP contribution in [0.2, 0.25) is 0 Å². The second-order valence-electron chi connectivity index (χ2n) is 4.42. The monoisotopic (exact) mass is 238 g/mol. The van der Waals surface area contributed by atoms with Gasteiger partial charge in [0.25, 0.3) is 0 Å². The molecule has 2 nitrogen and oxygen atoms in total. The van der Waals surface area contributed by atoms with Gasteiger partial charge in [0, 0.05) is 28.5 Å². The molecule has 18 heavy (non-hydrogen) atoms. The van der Waals surface area contributed by atoms with Crippen molar-refractivity contribution < 1.29 is 9.14 Å². The van der Waals surface area contributed by atoms with Gasteiger partial charge in [0.1, 0.15) is 5.75 Å². The zero-order valence-corrected chi connectivity index (χ0v) is 10.7. The maximum atomic E-state index is 5.44. The Morgan fingerprint density at radius 3 is 2.83 bits per heavy atom. The second kappa shape index (κ2) is 4.30. The molecule has 0 aliphatic heterocycles. The van der Waals surface area contributed by atoms with Crippen LogP contribution in [0, 0.1) is 0 Å². The van der Waals surface area contributed by atoms with E-state index in [0.717, 1.165) is 12.2 Å². The number of hydrogen-bond acceptors (Lipinski definition) is 1. The Hall–Kier alpha value is -2.09. The zero-order valence-electron chi connectivity index (χ0n) is 10.7. The molecule has 2 aromatic heterocycles. The third-order valence-corrected chi connectivity index (χ3v) is 3.41. The predicted octanol–water partition coefficient (Wildman–Crippen LogP) is 3.15. The summed E-state index contributed by atoms with van der Waals surface area (Å²) in [6, 6.07) is 12.6. The van der Waals surface area contributed by atoms with Crippen LogP contribution in [0.1, 0.15) is 12.5 Å².